The monoisotopic (exact) mass is 334 g/mol. The molecule has 1 aromatic carbocycles. The second-order valence-corrected chi connectivity index (χ2v) is 6.11. The number of halogens is 2. The summed E-state index contributed by atoms with van der Waals surface area (Å²) in [7, 11) is 0. The molecule has 0 atom stereocenters. The number of benzene rings is 1. The van der Waals surface area contributed by atoms with E-state index in [1.54, 1.807) is 6.07 Å². The van der Waals surface area contributed by atoms with Crippen LogP contribution in [0, 0.1) is 17.6 Å². The van der Waals surface area contributed by atoms with Crippen molar-refractivity contribution in [2.45, 2.75) is 25.7 Å². The molecule has 1 saturated heterocycles. The Hall–Kier alpha value is -2.28. The van der Waals surface area contributed by atoms with Crippen molar-refractivity contribution in [3.63, 3.8) is 0 Å². The summed E-state index contributed by atoms with van der Waals surface area (Å²) in [5, 5.41) is 12.7. The van der Waals surface area contributed by atoms with Crippen LogP contribution < -0.4 is 10.6 Å². The van der Waals surface area contributed by atoms with Gasteiger partial charge < -0.3 is 10.6 Å². The molecule has 3 rings (SSSR count). The van der Waals surface area contributed by atoms with E-state index in [-0.39, 0.29) is 5.91 Å². The fourth-order valence-corrected chi connectivity index (χ4v) is 2.95. The molecule has 2 aromatic rings. The van der Waals surface area contributed by atoms with Crippen molar-refractivity contribution in [1.29, 1.82) is 0 Å². The van der Waals surface area contributed by atoms with E-state index in [4.69, 9.17) is 0 Å². The minimum Gasteiger partial charge on any atom is -0.317 e. The molecule has 0 bridgehead atoms. The summed E-state index contributed by atoms with van der Waals surface area (Å²) in [5.41, 5.74) is 0.789. The fraction of sp³-hybridized carbons (Fsp3) is 0.412. The van der Waals surface area contributed by atoms with E-state index >= 15 is 0 Å². The molecule has 0 radical (unpaired) electrons. The first-order chi connectivity index (χ1) is 11.6. The number of hydrogen-bond donors (Lipinski definition) is 3. The number of nitrogens with zero attached hydrogens (tertiary/aromatic N) is 1. The number of nitrogens with one attached hydrogen (secondary N) is 3. The topological polar surface area (TPSA) is 69.8 Å². The average molecular weight is 334 g/mol. The maximum atomic E-state index is 13.3. The van der Waals surface area contributed by atoms with Gasteiger partial charge in [-0.3, -0.25) is 9.89 Å². The molecule has 1 aliphatic heterocycles. The van der Waals surface area contributed by atoms with Crippen molar-refractivity contribution in [3.8, 4) is 11.3 Å². The predicted molar refractivity (Wildman–Crippen MR) is 87.4 cm³/mol. The van der Waals surface area contributed by atoms with Gasteiger partial charge in [0.25, 0.3) is 0 Å². The van der Waals surface area contributed by atoms with Gasteiger partial charge in [0.2, 0.25) is 5.91 Å². The smallest absolute Gasteiger partial charge is 0.225 e. The van der Waals surface area contributed by atoms with Gasteiger partial charge in [-0.1, -0.05) is 0 Å². The Morgan fingerprint density at radius 2 is 1.88 bits per heavy atom. The second-order valence-electron chi connectivity index (χ2n) is 6.11. The number of piperidine rings is 1. The van der Waals surface area contributed by atoms with Gasteiger partial charge in [-0.05, 0) is 50.4 Å². The molecule has 5 nitrogen and oxygen atoms in total. The van der Waals surface area contributed by atoms with E-state index in [9.17, 15) is 13.6 Å². The molecule has 0 spiro atoms. The molecule has 0 unspecified atom stereocenters. The lowest BCUT2D eigenvalue weighted by Gasteiger charge is -2.21. The summed E-state index contributed by atoms with van der Waals surface area (Å²) in [4.78, 5) is 12.0. The average Bonchev–Trinajstić information content (AvgIpc) is 3.01. The van der Waals surface area contributed by atoms with Crippen LogP contribution in [0.25, 0.3) is 11.3 Å². The largest absolute Gasteiger partial charge is 0.317 e. The van der Waals surface area contributed by atoms with Crippen molar-refractivity contribution in [2.24, 2.45) is 5.92 Å². The van der Waals surface area contributed by atoms with Crippen LogP contribution in [0.3, 0.4) is 0 Å². The highest BCUT2D eigenvalue weighted by Crippen LogP contribution is 2.22. The van der Waals surface area contributed by atoms with Crippen molar-refractivity contribution in [3.05, 3.63) is 35.9 Å². The Kier molecular flexibility index (Phi) is 5.20. The van der Waals surface area contributed by atoms with Gasteiger partial charge in [-0.15, -0.1) is 0 Å². The van der Waals surface area contributed by atoms with Crippen molar-refractivity contribution in [1.82, 2.24) is 15.5 Å². The van der Waals surface area contributed by atoms with Crippen LogP contribution in [0.15, 0.2) is 24.3 Å². The molecule has 2 heterocycles. The van der Waals surface area contributed by atoms with Gasteiger partial charge in [0.15, 0.2) is 5.82 Å². The Bertz CT molecular complexity index is 690. The Morgan fingerprint density at radius 3 is 2.58 bits per heavy atom. The summed E-state index contributed by atoms with van der Waals surface area (Å²) in [6, 6.07) is 4.79. The third-order valence-corrected chi connectivity index (χ3v) is 4.26. The molecule has 7 heteroatoms. The highest BCUT2D eigenvalue weighted by molar-refractivity contribution is 5.90. The molecule has 1 amide bonds. The number of hydrogen-bond acceptors (Lipinski definition) is 3. The zero-order valence-electron chi connectivity index (χ0n) is 13.2. The van der Waals surface area contributed by atoms with Crippen molar-refractivity contribution in [2.75, 3.05) is 18.4 Å². The van der Waals surface area contributed by atoms with E-state index in [1.165, 1.54) is 12.1 Å². The SMILES string of the molecule is O=C(CCC1CCNCC1)Nc1cc(-c2cc(F)cc(F)c2)[nH]n1. The van der Waals surface area contributed by atoms with Gasteiger partial charge in [-0.2, -0.15) is 5.10 Å². The van der Waals surface area contributed by atoms with Gasteiger partial charge in [0.1, 0.15) is 11.6 Å². The summed E-state index contributed by atoms with van der Waals surface area (Å²) < 4.78 is 26.5. The molecule has 1 fully saturated rings. The van der Waals surface area contributed by atoms with Crippen LogP contribution >= 0.6 is 0 Å². The highest BCUT2D eigenvalue weighted by Gasteiger charge is 2.15. The van der Waals surface area contributed by atoms with E-state index in [0.717, 1.165) is 38.4 Å². The molecular formula is C17H20F2N4O. The first kappa shape index (κ1) is 16.6. The molecular weight excluding hydrogens is 314 g/mol. The normalized spacial score (nSPS) is 15.4. The number of carbonyl (C=O) groups is 1. The maximum absolute atomic E-state index is 13.3. The maximum Gasteiger partial charge on any atom is 0.225 e. The van der Waals surface area contributed by atoms with Crippen LogP contribution in [0.5, 0.6) is 0 Å². The highest BCUT2D eigenvalue weighted by atomic mass is 19.1. The zero-order valence-corrected chi connectivity index (χ0v) is 13.2. The minimum absolute atomic E-state index is 0.1000. The summed E-state index contributed by atoms with van der Waals surface area (Å²) in [6.45, 7) is 2.03. The number of rotatable bonds is 5. The first-order valence-electron chi connectivity index (χ1n) is 8.12. The fourth-order valence-electron chi connectivity index (χ4n) is 2.95. The number of H-pyrrole nitrogens is 1. The van der Waals surface area contributed by atoms with Gasteiger partial charge in [0.05, 0.1) is 5.69 Å². The molecule has 1 aromatic heterocycles. The van der Waals surface area contributed by atoms with E-state index in [0.29, 0.717) is 29.4 Å². The van der Waals surface area contributed by atoms with E-state index in [1.807, 2.05) is 0 Å². The minimum atomic E-state index is -0.660. The summed E-state index contributed by atoms with van der Waals surface area (Å²) >= 11 is 0. The second kappa shape index (κ2) is 7.53. The van der Waals surface area contributed by atoms with Crippen LogP contribution in [0.2, 0.25) is 0 Å². The standard InChI is InChI=1S/C17H20F2N4O/c18-13-7-12(8-14(19)9-13)15-10-16(23-22-15)21-17(24)2-1-11-3-5-20-6-4-11/h7-11,20H,1-6H2,(H2,21,22,23,24). The van der Waals surface area contributed by atoms with Crippen LogP contribution in [0.4, 0.5) is 14.6 Å². The third kappa shape index (κ3) is 4.38. The Balaban J connectivity index is 1.56. The van der Waals surface area contributed by atoms with Crippen LogP contribution in [-0.4, -0.2) is 29.2 Å². The number of amides is 1. The Morgan fingerprint density at radius 1 is 1.17 bits per heavy atom. The van der Waals surface area contributed by atoms with Crippen molar-refractivity contribution < 1.29 is 13.6 Å². The summed E-state index contributed by atoms with van der Waals surface area (Å²) in [5.74, 6) is -0.483. The van der Waals surface area contributed by atoms with Gasteiger partial charge in [0, 0.05) is 24.1 Å². The lowest BCUT2D eigenvalue weighted by molar-refractivity contribution is -0.116. The first-order valence-corrected chi connectivity index (χ1v) is 8.12. The molecule has 128 valence electrons. The van der Waals surface area contributed by atoms with Crippen molar-refractivity contribution >= 4 is 11.7 Å². The molecule has 0 aliphatic carbocycles. The number of aromatic nitrogens is 2. The molecule has 0 saturated carbocycles. The van der Waals surface area contributed by atoms with Crippen LogP contribution in [-0.2, 0) is 4.79 Å². The number of carbonyl (C=O) groups excluding carboxylic acids is 1. The Labute approximate surface area is 138 Å². The predicted octanol–water partition coefficient (Wildman–Crippen LogP) is 3.07. The van der Waals surface area contributed by atoms with E-state index < -0.39 is 11.6 Å². The van der Waals surface area contributed by atoms with E-state index in [2.05, 4.69) is 20.8 Å². The third-order valence-electron chi connectivity index (χ3n) is 4.26. The number of anilines is 1. The number of aromatic amines is 1. The quantitative estimate of drug-likeness (QED) is 0.787. The molecule has 1 aliphatic rings. The lowest BCUT2D eigenvalue weighted by atomic mass is 9.93. The molecule has 3 N–H and O–H groups in total. The van der Waals surface area contributed by atoms with Gasteiger partial charge in [-0.25, -0.2) is 8.78 Å². The molecule has 24 heavy (non-hydrogen) atoms. The van der Waals surface area contributed by atoms with Crippen LogP contribution in [0.1, 0.15) is 25.7 Å². The van der Waals surface area contributed by atoms with Gasteiger partial charge >= 0.3 is 0 Å². The summed E-state index contributed by atoms with van der Waals surface area (Å²) in [6.07, 6.45) is 3.51. The zero-order chi connectivity index (χ0) is 16.9. The lowest BCUT2D eigenvalue weighted by Crippen LogP contribution is -2.28.